The van der Waals surface area contributed by atoms with E-state index >= 15 is 0 Å². The fourth-order valence-electron chi connectivity index (χ4n) is 3.03. The molecule has 1 N–H and O–H groups in total. The molecule has 0 aromatic heterocycles. The van der Waals surface area contributed by atoms with Crippen LogP contribution in [0.1, 0.15) is 52.9 Å². The summed E-state index contributed by atoms with van der Waals surface area (Å²) in [6.07, 6.45) is 5.49. The Kier molecular flexibility index (Phi) is 5.17. The van der Waals surface area contributed by atoms with Crippen molar-refractivity contribution in [3.63, 3.8) is 0 Å². The molecule has 104 valence electrons. The third-order valence-corrected chi connectivity index (χ3v) is 4.17. The molecule has 1 saturated carbocycles. The highest BCUT2D eigenvalue weighted by atomic mass is 16.5. The molecule has 1 rings (SSSR count). The van der Waals surface area contributed by atoms with Crippen molar-refractivity contribution in [1.82, 2.24) is 0 Å². The Labute approximate surface area is 109 Å². The number of carboxylic acid groups (broad SMARTS) is 1. The number of rotatable bonds is 5. The van der Waals surface area contributed by atoms with E-state index in [2.05, 4.69) is 0 Å². The van der Waals surface area contributed by atoms with Crippen LogP contribution in [-0.4, -0.2) is 23.7 Å². The minimum atomic E-state index is -1.07. The highest BCUT2D eigenvalue weighted by Crippen LogP contribution is 2.44. The molecule has 0 aromatic carbocycles. The molecule has 0 aromatic rings. The topological polar surface area (TPSA) is 63.6 Å². The van der Waals surface area contributed by atoms with Crippen molar-refractivity contribution in [2.75, 3.05) is 6.61 Å². The highest BCUT2D eigenvalue weighted by Gasteiger charge is 2.46. The van der Waals surface area contributed by atoms with Crippen molar-refractivity contribution in [1.29, 1.82) is 0 Å². The van der Waals surface area contributed by atoms with Gasteiger partial charge in [0, 0.05) is 0 Å². The van der Waals surface area contributed by atoms with Crippen LogP contribution < -0.4 is 0 Å². The molecule has 18 heavy (non-hydrogen) atoms. The van der Waals surface area contributed by atoms with Gasteiger partial charge in [0.1, 0.15) is 0 Å². The number of aliphatic carboxylic acids is 1. The van der Waals surface area contributed by atoms with Gasteiger partial charge in [0.15, 0.2) is 5.92 Å². The number of esters is 1. The van der Waals surface area contributed by atoms with E-state index in [0.717, 1.165) is 25.7 Å². The Morgan fingerprint density at radius 1 is 1.28 bits per heavy atom. The maximum absolute atomic E-state index is 11.9. The molecule has 0 saturated heterocycles. The Morgan fingerprint density at radius 2 is 1.83 bits per heavy atom. The van der Waals surface area contributed by atoms with Gasteiger partial charge >= 0.3 is 11.9 Å². The van der Waals surface area contributed by atoms with Gasteiger partial charge in [-0.15, -0.1) is 0 Å². The molecule has 0 radical (unpaired) electrons. The van der Waals surface area contributed by atoms with Gasteiger partial charge in [0.2, 0.25) is 0 Å². The van der Waals surface area contributed by atoms with Crippen molar-refractivity contribution >= 4 is 11.9 Å². The minimum absolute atomic E-state index is 0.226. The molecule has 1 atom stereocenters. The lowest BCUT2D eigenvalue weighted by Crippen LogP contribution is -2.43. The summed E-state index contributed by atoms with van der Waals surface area (Å²) in [5, 5.41) is 9.34. The van der Waals surface area contributed by atoms with Crippen LogP contribution in [0.4, 0.5) is 0 Å². The first kappa shape index (κ1) is 15.0. The molecule has 1 aliphatic rings. The van der Waals surface area contributed by atoms with Crippen LogP contribution in [-0.2, 0) is 14.3 Å². The zero-order valence-electron chi connectivity index (χ0n) is 11.6. The van der Waals surface area contributed by atoms with Crippen LogP contribution in [0.25, 0.3) is 0 Å². The first-order chi connectivity index (χ1) is 8.41. The third-order valence-electron chi connectivity index (χ3n) is 4.17. The number of hydrogen-bond acceptors (Lipinski definition) is 3. The quantitative estimate of drug-likeness (QED) is 0.607. The van der Waals surface area contributed by atoms with Crippen LogP contribution >= 0.6 is 0 Å². The molecule has 0 spiro atoms. The van der Waals surface area contributed by atoms with Gasteiger partial charge in [-0.1, -0.05) is 33.1 Å². The standard InChI is InChI=1S/C14H24O4/c1-4-18-13(17)11(12(15)16)14(2,3)10-8-6-5-7-9-10/h10-11H,4-9H2,1-3H3,(H,15,16). The van der Waals surface area contributed by atoms with Gasteiger partial charge in [-0.05, 0) is 31.1 Å². The summed E-state index contributed by atoms with van der Waals surface area (Å²) < 4.78 is 4.92. The maximum atomic E-state index is 11.9. The van der Waals surface area contributed by atoms with Gasteiger partial charge in [-0.25, -0.2) is 0 Å². The van der Waals surface area contributed by atoms with E-state index in [1.807, 2.05) is 13.8 Å². The maximum Gasteiger partial charge on any atom is 0.320 e. The molecular weight excluding hydrogens is 232 g/mol. The molecule has 0 heterocycles. The van der Waals surface area contributed by atoms with E-state index in [-0.39, 0.29) is 12.5 Å². The zero-order chi connectivity index (χ0) is 13.8. The third kappa shape index (κ3) is 3.24. The normalized spacial score (nSPS) is 19.3. The average molecular weight is 256 g/mol. The number of ether oxygens (including phenoxy) is 1. The van der Waals surface area contributed by atoms with Gasteiger partial charge in [0.05, 0.1) is 6.61 Å². The fourth-order valence-corrected chi connectivity index (χ4v) is 3.03. The SMILES string of the molecule is CCOC(=O)C(C(=O)O)C(C)(C)C1CCCCC1. The van der Waals surface area contributed by atoms with Crippen molar-refractivity contribution in [2.45, 2.75) is 52.9 Å². The molecule has 0 aliphatic heterocycles. The van der Waals surface area contributed by atoms with E-state index in [0.29, 0.717) is 0 Å². The lowest BCUT2D eigenvalue weighted by Gasteiger charge is -2.39. The molecule has 0 bridgehead atoms. The Bertz CT molecular complexity index is 303. The molecular formula is C14H24O4. The number of carbonyl (C=O) groups is 2. The summed E-state index contributed by atoms with van der Waals surface area (Å²) in [5.41, 5.74) is -0.543. The summed E-state index contributed by atoms with van der Waals surface area (Å²) >= 11 is 0. The predicted molar refractivity (Wildman–Crippen MR) is 68.1 cm³/mol. The van der Waals surface area contributed by atoms with E-state index in [4.69, 9.17) is 4.74 Å². The molecule has 0 amide bonds. The van der Waals surface area contributed by atoms with Gasteiger partial charge in [-0.3, -0.25) is 9.59 Å². The van der Waals surface area contributed by atoms with Crippen molar-refractivity contribution in [3.8, 4) is 0 Å². The van der Waals surface area contributed by atoms with Gasteiger partial charge in [-0.2, -0.15) is 0 Å². The van der Waals surface area contributed by atoms with E-state index in [9.17, 15) is 14.7 Å². The smallest absolute Gasteiger partial charge is 0.320 e. The van der Waals surface area contributed by atoms with E-state index in [1.54, 1.807) is 6.92 Å². The van der Waals surface area contributed by atoms with Crippen LogP contribution in [0, 0.1) is 17.3 Å². The van der Waals surface area contributed by atoms with E-state index < -0.39 is 23.3 Å². The highest BCUT2D eigenvalue weighted by molar-refractivity contribution is 5.94. The van der Waals surface area contributed by atoms with Crippen molar-refractivity contribution in [3.05, 3.63) is 0 Å². The fraction of sp³-hybridized carbons (Fsp3) is 0.857. The number of carboxylic acids is 1. The first-order valence-corrected chi connectivity index (χ1v) is 6.80. The summed E-state index contributed by atoms with van der Waals surface area (Å²) in [6, 6.07) is 0. The lowest BCUT2D eigenvalue weighted by atomic mass is 9.64. The second-order valence-electron chi connectivity index (χ2n) is 5.68. The molecule has 1 aliphatic carbocycles. The van der Waals surface area contributed by atoms with E-state index in [1.165, 1.54) is 6.42 Å². The summed E-state index contributed by atoms with van der Waals surface area (Å²) in [5.74, 6) is -2.43. The van der Waals surface area contributed by atoms with Crippen LogP contribution in [0.5, 0.6) is 0 Å². The van der Waals surface area contributed by atoms with Crippen molar-refractivity contribution < 1.29 is 19.4 Å². The Hall–Kier alpha value is -1.06. The summed E-state index contributed by atoms with van der Waals surface area (Å²) in [4.78, 5) is 23.3. The molecule has 1 unspecified atom stereocenters. The predicted octanol–water partition coefficient (Wildman–Crippen LogP) is 2.86. The number of hydrogen-bond donors (Lipinski definition) is 1. The van der Waals surface area contributed by atoms with Crippen LogP contribution in [0.3, 0.4) is 0 Å². The zero-order valence-corrected chi connectivity index (χ0v) is 11.6. The molecule has 1 fully saturated rings. The monoisotopic (exact) mass is 256 g/mol. The second-order valence-corrected chi connectivity index (χ2v) is 5.68. The largest absolute Gasteiger partial charge is 0.481 e. The Balaban J connectivity index is 2.87. The minimum Gasteiger partial charge on any atom is -0.481 e. The van der Waals surface area contributed by atoms with Crippen molar-refractivity contribution in [2.24, 2.45) is 17.3 Å². The van der Waals surface area contributed by atoms with Gasteiger partial charge < -0.3 is 9.84 Å². The molecule has 4 heteroatoms. The average Bonchev–Trinajstić information content (AvgIpc) is 2.29. The van der Waals surface area contributed by atoms with Crippen LogP contribution in [0.2, 0.25) is 0 Å². The first-order valence-electron chi connectivity index (χ1n) is 6.80. The lowest BCUT2D eigenvalue weighted by molar-refractivity contribution is -0.166. The van der Waals surface area contributed by atoms with Crippen LogP contribution in [0.15, 0.2) is 0 Å². The molecule has 4 nitrogen and oxygen atoms in total. The van der Waals surface area contributed by atoms with Gasteiger partial charge in [0.25, 0.3) is 0 Å². The summed E-state index contributed by atoms with van der Waals surface area (Å²) in [6.45, 7) is 5.70. The number of carbonyl (C=O) groups excluding carboxylic acids is 1. The Morgan fingerprint density at radius 3 is 2.28 bits per heavy atom. The second kappa shape index (κ2) is 6.21. The summed E-state index contributed by atoms with van der Waals surface area (Å²) in [7, 11) is 0.